The summed E-state index contributed by atoms with van der Waals surface area (Å²) in [5, 5.41) is 2.56. The monoisotopic (exact) mass is 361 g/mol. The van der Waals surface area contributed by atoms with E-state index in [-0.39, 0.29) is 10.7 Å². The van der Waals surface area contributed by atoms with Crippen LogP contribution in [0.15, 0.2) is 47.4 Å². The molecule has 8 heteroatoms. The second-order valence-corrected chi connectivity index (χ2v) is 7.29. The van der Waals surface area contributed by atoms with E-state index in [1.165, 1.54) is 38.1 Å². The SMILES string of the molecule is CC(=O)c1ccc(S(=O)(=O)N[C@H](C)C(=O)Nc2cccc(C)n2)cc1. The number of pyridine rings is 1. The molecule has 0 radical (unpaired) electrons. The number of rotatable bonds is 6. The van der Waals surface area contributed by atoms with Gasteiger partial charge in [-0.2, -0.15) is 4.72 Å². The van der Waals surface area contributed by atoms with E-state index in [0.29, 0.717) is 11.4 Å². The number of aryl methyl sites for hydroxylation is 1. The molecular formula is C17H19N3O4S. The minimum atomic E-state index is -3.89. The third kappa shape index (κ3) is 4.94. The van der Waals surface area contributed by atoms with Gasteiger partial charge < -0.3 is 5.32 Å². The number of ketones is 1. The Morgan fingerprint density at radius 3 is 2.28 bits per heavy atom. The molecular weight excluding hydrogens is 342 g/mol. The van der Waals surface area contributed by atoms with Crippen molar-refractivity contribution in [3.05, 3.63) is 53.7 Å². The lowest BCUT2D eigenvalue weighted by atomic mass is 10.2. The van der Waals surface area contributed by atoms with E-state index in [4.69, 9.17) is 0 Å². The first-order chi connectivity index (χ1) is 11.7. The normalized spacial score (nSPS) is 12.4. The summed E-state index contributed by atoms with van der Waals surface area (Å²) in [6.07, 6.45) is 0. The molecule has 0 fully saturated rings. The first-order valence-electron chi connectivity index (χ1n) is 7.57. The average Bonchev–Trinajstić information content (AvgIpc) is 2.54. The number of anilines is 1. The van der Waals surface area contributed by atoms with Gasteiger partial charge in [0.2, 0.25) is 15.9 Å². The van der Waals surface area contributed by atoms with Crippen molar-refractivity contribution in [3.8, 4) is 0 Å². The van der Waals surface area contributed by atoms with Gasteiger partial charge >= 0.3 is 0 Å². The molecule has 0 aliphatic rings. The number of carbonyl (C=O) groups is 2. The van der Waals surface area contributed by atoms with Crippen LogP contribution in [-0.4, -0.2) is 31.1 Å². The number of aromatic nitrogens is 1. The Kier molecular flexibility index (Phi) is 5.66. The molecule has 0 bridgehead atoms. The van der Waals surface area contributed by atoms with Crippen LogP contribution in [-0.2, 0) is 14.8 Å². The number of nitrogens with one attached hydrogen (secondary N) is 2. The highest BCUT2D eigenvalue weighted by molar-refractivity contribution is 7.89. The van der Waals surface area contributed by atoms with Gasteiger partial charge in [0.05, 0.1) is 10.9 Å². The van der Waals surface area contributed by atoms with E-state index in [1.54, 1.807) is 25.1 Å². The van der Waals surface area contributed by atoms with Gasteiger partial charge in [0.25, 0.3) is 0 Å². The largest absolute Gasteiger partial charge is 0.309 e. The molecule has 1 aromatic heterocycles. The van der Waals surface area contributed by atoms with E-state index in [0.717, 1.165) is 5.69 Å². The van der Waals surface area contributed by atoms with Crippen LogP contribution in [0.2, 0.25) is 0 Å². The van der Waals surface area contributed by atoms with Crippen molar-refractivity contribution >= 4 is 27.5 Å². The van der Waals surface area contributed by atoms with Gasteiger partial charge in [-0.25, -0.2) is 13.4 Å². The van der Waals surface area contributed by atoms with Crippen molar-refractivity contribution in [3.63, 3.8) is 0 Å². The standard InChI is InChI=1S/C17H19N3O4S/c1-11-5-4-6-16(18-11)19-17(22)12(2)20-25(23,24)15-9-7-14(8-10-15)13(3)21/h4-10,12,20H,1-3H3,(H,18,19,22)/t12-/m1/s1. The number of hydrogen-bond donors (Lipinski definition) is 2. The van der Waals surface area contributed by atoms with Gasteiger partial charge in [-0.05, 0) is 45.0 Å². The fourth-order valence-corrected chi connectivity index (χ4v) is 3.27. The lowest BCUT2D eigenvalue weighted by Crippen LogP contribution is -2.41. The van der Waals surface area contributed by atoms with Gasteiger partial charge in [0.15, 0.2) is 5.78 Å². The van der Waals surface area contributed by atoms with E-state index >= 15 is 0 Å². The summed E-state index contributed by atoms with van der Waals surface area (Å²) < 4.78 is 27.0. The minimum Gasteiger partial charge on any atom is -0.309 e. The number of Topliss-reactive ketones (excluding diaryl/α,β-unsaturated/α-hetero) is 1. The van der Waals surface area contributed by atoms with Crippen LogP contribution in [0, 0.1) is 6.92 Å². The van der Waals surface area contributed by atoms with Gasteiger partial charge in [0.1, 0.15) is 5.82 Å². The fourth-order valence-electron chi connectivity index (χ4n) is 2.07. The van der Waals surface area contributed by atoms with Gasteiger partial charge in [-0.15, -0.1) is 0 Å². The van der Waals surface area contributed by atoms with Crippen LogP contribution < -0.4 is 10.0 Å². The maximum absolute atomic E-state index is 12.3. The van der Waals surface area contributed by atoms with Crippen LogP contribution in [0.1, 0.15) is 29.9 Å². The van der Waals surface area contributed by atoms with Gasteiger partial charge in [-0.3, -0.25) is 9.59 Å². The van der Waals surface area contributed by atoms with E-state index in [9.17, 15) is 18.0 Å². The first kappa shape index (κ1) is 18.8. The molecule has 0 aliphatic carbocycles. The molecule has 2 rings (SSSR count). The molecule has 0 unspecified atom stereocenters. The predicted molar refractivity (Wildman–Crippen MR) is 93.8 cm³/mol. The van der Waals surface area contributed by atoms with Crippen LogP contribution in [0.3, 0.4) is 0 Å². The number of nitrogens with zero attached hydrogens (tertiary/aromatic N) is 1. The number of amides is 1. The second kappa shape index (κ2) is 7.54. The van der Waals surface area contributed by atoms with Crippen molar-refractivity contribution in [2.24, 2.45) is 0 Å². The highest BCUT2D eigenvalue weighted by Crippen LogP contribution is 2.12. The highest BCUT2D eigenvalue weighted by Gasteiger charge is 2.22. The van der Waals surface area contributed by atoms with Crippen molar-refractivity contribution in [2.45, 2.75) is 31.7 Å². The van der Waals surface area contributed by atoms with E-state index in [1.807, 2.05) is 0 Å². The Morgan fingerprint density at radius 1 is 1.08 bits per heavy atom. The molecule has 1 aromatic carbocycles. The molecule has 0 saturated heterocycles. The Bertz CT molecular complexity index is 892. The lowest BCUT2D eigenvalue weighted by Gasteiger charge is -2.14. The summed E-state index contributed by atoms with van der Waals surface area (Å²) in [4.78, 5) is 27.5. The molecule has 1 heterocycles. The summed E-state index contributed by atoms with van der Waals surface area (Å²) >= 11 is 0. The van der Waals surface area contributed by atoms with Crippen molar-refractivity contribution in [2.75, 3.05) is 5.32 Å². The molecule has 132 valence electrons. The molecule has 0 saturated carbocycles. The molecule has 2 N–H and O–H groups in total. The molecule has 0 aliphatic heterocycles. The third-order valence-corrected chi connectivity index (χ3v) is 4.99. The minimum absolute atomic E-state index is 0.0224. The van der Waals surface area contributed by atoms with E-state index < -0.39 is 22.0 Å². The van der Waals surface area contributed by atoms with Crippen molar-refractivity contribution < 1.29 is 18.0 Å². The molecule has 0 spiro atoms. The topological polar surface area (TPSA) is 105 Å². The number of hydrogen-bond acceptors (Lipinski definition) is 5. The average molecular weight is 361 g/mol. The zero-order valence-corrected chi connectivity index (χ0v) is 14.9. The second-order valence-electron chi connectivity index (χ2n) is 5.58. The zero-order chi connectivity index (χ0) is 18.6. The maximum Gasteiger partial charge on any atom is 0.243 e. The number of benzene rings is 1. The summed E-state index contributed by atoms with van der Waals surface area (Å²) in [6, 6.07) is 9.65. The van der Waals surface area contributed by atoms with Gasteiger partial charge in [0, 0.05) is 11.3 Å². The highest BCUT2D eigenvalue weighted by atomic mass is 32.2. The quantitative estimate of drug-likeness (QED) is 0.765. The summed E-state index contributed by atoms with van der Waals surface area (Å²) in [5.41, 5.74) is 1.15. The number of sulfonamides is 1. The Labute approximate surface area is 146 Å². The molecule has 2 aromatic rings. The summed E-state index contributed by atoms with van der Waals surface area (Å²) in [5.74, 6) is -0.334. The molecule has 7 nitrogen and oxygen atoms in total. The first-order valence-corrected chi connectivity index (χ1v) is 9.05. The third-order valence-electron chi connectivity index (χ3n) is 3.44. The van der Waals surface area contributed by atoms with Crippen molar-refractivity contribution in [1.82, 2.24) is 9.71 Å². The molecule has 1 amide bonds. The van der Waals surface area contributed by atoms with Crippen LogP contribution in [0.5, 0.6) is 0 Å². The van der Waals surface area contributed by atoms with E-state index in [2.05, 4.69) is 15.0 Å². The Morgan fingerprint density at radius 2 is 1.72 bits per heavy atom. The van der Waals surface area contributed by atoms with Crippen LogP contribution in [0.25, 0.3) is 0 Å². The fraction of sp³-hybridized carbons (Fsp3) is 0.235. The smallest absolute Gasteiger partial charge is 0.243 e. The summed E-state index contributed by atoms with van der Waals surface area (Å²) in [6.45, 7) is 4.62. The lowest BCUT2D eigenvalue weighted by molar-refractivity contribution is -0.117. The Balaban J connectivity index is 2.08. The van der Waals surface area contributed by atoms with Crippen molar-refractivity contribution in [1.29, 1.82) is 0 Å². The molecule has 25 heavy (non-hydrogen) atoms. The van der Waals surface area contributed by atoms with Gasteiger partial charge in [-0.1, -0.05) is 18.2 Å². The molecule has 1 atom stereocenters. The van der Waals surface area contributed by atoms with Crippen LogP contribution in [0.4, 0.5) is 5.82 Å². The predicted octanol–water partition coefficient (Wildman–Crippen LogP) is 1.90. The van der Waals surface area contributed by atoms with Crippen LogP contribution >= 0.6 is 0 Å². The Hall–Kier alpha value is -2.58. The zero-order valence-electron chi connectivity index (χ0n) is 14.1. The summed E-state index contributed by atoms with van der Waals surface area (Å²) in [7, 11) is -3.89. The maximum atomic E-state index is 12.3. The number of carbonyl (C=O) groups excluding carboxylic acids is 2.